The first-order valence-electron chi connectivity index (χ1n) is 4.72. The van der Waals surface area contributed by atoms with Crippen LogP contribution >= 0.6 is 0 Å². The lowest BCUT2D eigenvalue weighted by molar-refractivity contribution is 0.934. The van der Waals surface area contributed by atoms with Gasteiger partial charge in [-0.2, -0.15) is 5.26 Å². The highest BCUT2D eigenvalue weighted by molar-refractivity contribution is 5.59. The Morgan fingerprint density at radius 1 is 1.43 bits per heavy atom. The van der Waals surface area contributed by atoms with Crippen molar-refractivity contribution in [2.24, 2.45) is 0 Å². The topological polar surface area (TPSA) is 65.9 Å². The molecule has 0 aromatic carbocycles. The predicted octanol–water partition coefficient (Wildman–Crippen LogP) is 1.14. The molecule has 0 radical (unpaired) electrons. The van der Waals surface area contributed by atoms with E-state index in [2.05, 4.69) is 16.0 Å². The van der Waals surface area contributed by atoms with E-state index in [1.807, 2.05) is 0 Å². The van der Waals surface area contributed by atoms with E-state index in [9.17, 15) is 0 Å². The van der Waals surface area contributed by atoms with Crippen molar-refractivity contribution in [1.29, 1.82) is 5.26 Å². The summed E-state index contributed by atoms with van der Waals surface area (Å²) in [6.45, 7) is 1.98. The van der Waals surface area contributed by atoms with Gasteiger partial charge in [-0.3, -0.25) is 0 Å². The van der Waals surface area contributed by atoms with Gasteiger partial charge in [0.2, 0.25) is 0 Å². The first-order valence-corrected chi connectivity index (χ1v) is 4.72. The van der Waals surface area contributed by atoms with E-state index in [-0.39, 0.29) is 0 Å². The van der Waals surface area contributed by atoms with Crippen molar-refractivity contribution in [3.8, 4) is 6.07 Å². The van der Waals surface area contributed by atoms with E-state index in [0.717, 1.165) is 18.9 Å². The summed E-state index contributed by atoms with van der Waals surface area (Å²) in [6.07, 6.45) is 3.96. The van der Waals surface area contributed by atoms with E-state index >= 15 is 0 Å². The van der Waals surface area contributed by atoms with Crippen LogP contribution < -0.4 is 10.6 Å². The number of pyridine rings is 1. The minimum atomic E-state index is 0.546. The maximum Gasteiger partial charge on any atom is 0.146 e. The Labute approximate surface area is 83.0 Å². The number of rotatable bonds is 1. The summed E-state index contributed by atoms with van der Waals surface area (Å²) in [7, 11) is 0. The molecule has 1 aromatic heterocycles. The number of hydrogen-bond donors (Lipinski definition) is 1. The Morgan fingerprint density at radius 3 is 2.79 bits per heavy atom. The predicted molar refractivity (Wildman–Crippen MR) is 54.8 cm³/mol. The van der Waals surface area contributed by atoms with Crippen LogP contribution in [-0.2, 0) is 0 Å². The molecule has 1 aliphatic heterocycles. The monoisotopic (exact) mass is 188 g/mol. The average Bonchev–Trinajstić information content (AvgIpc) is 2.70. The zero-order valence-electron chi connectivity index (χ0n) is 7.90. The molecular formula is C10H12N4. The van der Waals surface area contributed by atoms with Gasteiger partial charge in [0, 0.05) is 13.1 Å². The summed E-state index contributed by atoms with van der Waals surface area (Å²) in [6, 6.07) is 3.81. The largest absolute Gasteiger partial charge is 0.397 e. The number of nitriles is 1. The average molecular weight is 188 g/mol. The lowest BCUT2D eigenvalue weighted by atomic mass is 10.2. The Morgan fingerprint density at radius 2 is 2.14 bits per heavy atom. The molecule has 0 saturated carbocycles. The van der Waals surface area contributed by atoms with Gasteiger partial charge in [0.15, 0.2) is 0 Å². The molecular weight excluding hydrogens is 176 g/mol. The zero-order chi connectivity index (χ0) is 9.97. The molecule has 1 aliphatic rings. The number of anilines is 2. The van der Waals surface area contributed by atoms with Gasteiger partial charge in [-0.05, 0) is 18.9 Å². The molecule has 4 heteroatoms. The fraction of sp³-hybridized carbons (Fsp3) is 0.400. The quantitative estimate of drug-likeness (QED) is 0.717. The van der Waals surface area contributed by atoms with Crippen molar-refractivity contribution in [2.75, 3.05) is 23.7 Å². The molecule has 2 rings (SSSR count). The molecule has 1 saturated heterocycles. The van der Waals surface area contributed by atoms with Crippen LogP contribution in [0.1, 0.15) is 18.4 Å². The molecule has 0 amide bonds. The smallest absolute Gasteiger partial charge is 0.146 e. The Bertz CT molecular complexity index is 374. The third-order valence-corrected chi connectivity index (χ3v) is 2.41. The molecule has 0 spiro atoms. The fourth-order valence-corrected chi connectivity index (χ4v) is 1.74. The molecule has 2 heterocycles. The van der Waals surface area contributed by atoms with Gasteiger partial charge in [-0.25, -0.2) is 4.98 Å². The van der Waals surface area contributed by atoms with Crippen molar-refractivity contribution >= 4 is 11.5 Å². The third kappa shape index (κ3) is 1.49. The molecule has 1 fully saturated rings. The summed E-state index contributed by atoms with van der Waals surface area (Å²) in [5, 5.41) is 8.93. The van der Waals surface area contributed by atoms with Gasteiger partial charge in [0.05, 0.1) is 17.4 Å². The summed E-state index contributed by atoms with van der Waals surface area (Å²) in [4.78, 5) is 6.35. The zero-order valence-corrected chi connectivity index (χ0v) is 7.90. The summed E-state index contributed by atoms with van der Waals surface area (Å²) >= 11 is 0. The number of hydrogen-bond acceptors (Lipinski definition) is 4. The number of aromatic nitrogens is 1. The molecule has 1 aromatic rings. The highest BCUT2D eigenvalue weighted by Gasteiger charge is 2.16. The summed E-state index contributed by atoms with van der Waals surface area (Å²) in [5.41, 5.74) is 6.69. The molecule has 14 heavy (non-hydrogen) atoms. The van der Waals surface area contributed by atoms with Crippen LogP contribution in [-0.4, -0.2) is 18.1 Å². The van der Waals surface area contributed by atoms with Gasteiger partial charge in [0.1, 0.15) is 11.9 Å². The van der Waals surface area contributed by atoms with Crippen molar-refractivity contribution in [2.45, 2.75) is 12.8 Å². The number of nitrogen functional groups attached to an aromatic ring is 1. The Kier molecular flexibility index (Phi) is 2.23. The van der Waals surface area contributed by atoms with Gasteiger partial charge in [0.25, 0.3) is 0 Å². The van der Waals surface area contributed by atoms with E-state index in [1.165, 1.54) is 12.8 Å². The third-order valence-electron chi connectivity index (χ3n) is 2.41. The van der Waals surface area contributed by atoms with Crippen molar-refractivity contribution in [1.82, 2.24) is 4.98 Å². The minimum Gasteiger partial charge on any atom is -0.397 e. The summed E-state index contributed by atoms with van der Waals surface area (Å²) < 4.78 is 0. The molecule has 0 aliphatic carbocycles. The molecule has 2 N–H and O–H groups in total. The van der Waals surface area contributed by atoms with E-state index in [0.29, 0.717) is 11.3 Å². The van der Waals surface area contributed by atoms with Crippen LogP contribution in [0.4, 0.5) is 11.5 Å². The van der Waals surface area contributed by atoms with Crippen molar-refractivity contribution in [3.05, 3.63) is 17.8 Å². The molecule has 4 nitrogen and oxygen atoms in total. The van der Waals surface area contributed by atoms with Gasteiger partial charge < -0.3 is 10.6 Å². The second-order valence-corrected chi connectivity index (χ2v) is 3.45. The highest BCUT2D eigenvalue weighted by Crippen LogP contribution is 2.22. The fourth-order valence-electron chi connectivity index (χ4n) is 1.74. The van der Waals surface area contributed by atoms with Crippen LogP contribution in [0.5, 0.6) is 0 Å². The lowest BCUT2D eigenvalue weighted by Crippen LogP contribution is -2.20. The molecule has 0 atom stereocenters. The second kappa shape index (κ2) is 3.54. The van der Waals surface area contributed by atoms with E-state index < -0.39 is 0 Å². The minimum absolute atomic E-state index is 0.546. The lowest BCUT2D eigenvalue weighted by Gasteiger charge is -2.17. The molecule has 72 valence electrons. The van der Waals surface area contributed by atoms with Crippen LogP contribution in [0.2, 0.25) is 0 Å². The molecule has 0 bridgehead atoms. The Hall–Kier alpha value is -1.76. The SMILES string of the molecule is N#Cc1cc(N)cnc1N1CCCC1. The van der Waals surface area contributed by atoms with Gasteiger partial charge in [-0.1, -0.05) is 0 Å². The Balaban J connectivity index is 2.37. The van der Waals surface area contributed by atoms with Crippen molar-refractivity contribution < 1.29 is 0 Å². The van der Waals surface area contributed by atoms with Crippen LogP contribution in [0.15, 0.2) is 12.3 Å². The highest BCUT2D eigenvalue weighted by atomic mass is 15.2. The van der Waals surface area contributed by atoms with Crippen LogP contribution in [0.3, 0.4) is 0 Å². The first-order chi connectivity index (χ1) is 6.81. The van der Waals surface area contributed by atoms with Gasteiger partial charge >= 0.3 is 0 Å². The van der Waals surface area contributed by atoms with Crippen molar-refractivity contribution in [3.63, 3.8) is 0 Å². The first kappa shape index (κ1) is 8.82. The second-order valence-electron chi connectivity index (χ2n) is 3.45. The standard InChI is InChI=1S/C10H12N4/c11-6-8-5-9(12)7-13-10(8)14-3-1-2-4-14/h5,7H,1-4,12H2. The van der Waals surface area contributed by atoms with E-state index in [4.69, 9.17) is 11.0 Å². The number of nitrogens with two attached hydrogens (primary N) is 1. The normalized spacial score (nSPS) is 15.5. The maximum absolute atomic E-state index is 8.93. The van der Waals surface area contributed by atoms with Gasteiger partial charge in [-0.15, -0.1) is 0 Å². The summed E-state index contributed by atoms with van der Waals surface area (Å²) in [5.74, 6) is 0.777. The van der Waals surface area contributed by atoms with E-state index in [1.54, 1.807) is 12.3 Å². The molecule has 0 unspecified atom stereocenters. The number of nitrogens with zero attached hydrogens (tertiary/aromatic N) is 3. The maximum atomic E-state index is 8.93. The van der Waals surface area contributed by atoms with Crippen LogP contribution in [0, 0.1) is 11.3 Å². The van der Waals surface area contributed by atoms with Crippen LogP contribution in [0.25, 0.3) is 0 Å².